The number of ether oxygens (including phenoxy) is 2. The lowest BCUT2D eigenvalue weighted by Gasteiger charge is -2.07. The van der Waals surface area contributed by atoms with Gasteiger partial charge in [-0.25, -0.2) is 0 Å². The highest BCUT2D eigenvalue weighted by Crippen LogP contribution is 2.23. The zero-order valence-electron chi connectivity index (χ0n) is 15.9. The molecule has 0 heterocycles. The Morgan fingerprint density at radius 2 is 1.07 bits per heavy atom. The van der Waals surface area contributed by atoms with Crippen LogP contribution in [0.3, 0.4) is 0 Å². The van der Waals surface area contributed by atoms with Gasteiger partial charge in [0, 0.05) is 35.7 Å². The van der Waals surface area contributed by atoms with Crippen molar-refractivity contribution in [1.29, 1.82) is 0 Å². The largest absolute Gasteiger partial charge is 0.497 e. The first-order valence-electron chi connectivity index (χ1n) is 8.73. The van der Waals surface area contributed by atoms with Gasteiger partial charge in [0.15, 0.2) is 0 Å². The lowest BCUT2D eigenvalue weighted by atomic mass is 10.3. The van der Waals surface area contributed by atoms with Gasteiger partial charge in [-0.2, -0.15) is 0 Å². The first-order chi connectivity index (χ1) is 13.6. The number of amides is 2. The molecular weight excluding hydrogens is 396 g/mol. The van der Waals surface area contributed by atoms with Crippen LogP contribution >= 0.6 is 21.6 Å². The van der Waals surface area contributed by atoms with Gasteiger partial charge in [-0.1, -0.05) is 21.6 Å². The molecule has 0 aliphatic rings. The molecule has 2 N–H and O–H groups in total. The molecule has 0 aliphatic carbocycles. The minimum Gasteiger partial charge on any atom is -0.497 e. The Morgan fingerprint density at radius 1 is 0.714 bits per heavy atom. The Balaban J connectivity index is 1.54. The summed E-state index contributed by atoms with van der Waals surface area (Å²) in [6.07, 6.45) is 0.837. The fourth-order valence-electron chi connectivity index (χ4n) is 2.18. The lowest BCUT2D eigenvalue weighted by molar-refractivity contribution is -0.116. The molecule has 0 bridgehead atoms. The molecule has 8 heteroatoms. The highest BCUT2D eigenvalue weighted by molar-refractivity contribution is 8.76. The van der Waals surface area contributed by atoms with Gasteiger partial charge in [-0.3, -0.25) is 9.59 Å². The summed E-state index contributed by atoms with van der Waals surface area (Å²) in [4.78, 5) is 23.8. The zero-order chi connectivity index (χ0) is 20.2. The maximum absolute atomic E-state index is 11.9. The summed E-state index contributed by atoms with van der Waals surface area (Å²) >= 11 is 0. The number of rotatable bonds is 11. The standard InChI is InChI=1S/C20H24N2O4S2/c1-25-17-7-3-15(4-8-17)21-19(23)11-13-27-28-14-12-20(24)22-16-5-9-18(26-2)10-6-16/h3-10H,11-14H2,1-2H3,(H,21,23)(H,22,24). The van der Waals surface area contributed by atoms with Crippen molar-refractivity contribution in [3.05, 3.63) is 48.5 Å². The first-order valence-corrected chi connectivity index (χ1v) is 11.2. The number of methoxy groups -OCH3 is 2. The van der Waals surface area contributed by atoms with Crippen LogP contribution in [0.15, 0.2) is 48.5 Å². The summed E-state index contributed by atoms with van der Waals surface area (Å²) in [6.45, 7) is 0. The summed E-state index contributed by atoms with van der Waals surface area (Å²) in [7, 11) is 6.39. The van der Waals surface area contributed by atoms with E-state index >= 15 is 0 Å². The van der Waals surface area contributed by atoms with Crippen molar-refractivity contribution in [3.63, 3.8) is 0 Å². The average molecular weight is 421 g/mol. The van der Waals surface area contributed by atoms with Crippen molar-refractivity contribution < 1.29 is 19.1 Å². The van der Waals surface area contributed by atoms with Gasteiger partial charge in [0.25, 0.3) is 0 Å². The molecule has 0 saturated carbocycles. The molecule has 2 rings (SSSR count). The minimum absolute atomic E-state index is 0.0319. The smallest absolute Gasteiger partial charge is 0.225 e. The highest BCUT2D eigenvalue weighted by atomic mass is 33.1. The lowest BCUT2D eigenvalue weighted by Crippen LogP contribution is -2.12. The van der Waals surface area contributed by atoms with Crippen LogP contribution in [0.1, 0.15) is 12.8 Å². The molecule has 0 fully saturated rings. The number of benzene rings is 2. The van der Waals surface area contributed by atoms with E-state index in [1.165, 1.54) is 0 Å². The van der Waals surface area contributed by atoms with E-state index in [0.29, 0.717) is 24.3 Å². The summed E-state index contributed by atoms with van der Waals surface area (Å²) in [5.41, 5.74) is 1.50. The Morgan fingerprint density at radius 3 is 1.39 bits per heavy atom. The van der Waals surface area contributed by atoms with Gasteiger partial charge in [-0.05, 0) is 48.5 Å². The molecule has 0 aliphatic heterocycles. The third-order valence-corrected chi connectivity index (χ3v) is 6.06. The molecule has 0 atom stereocenters. The Kier molecular flexibility index (Phi) is 9.57. The summed E-state index contributed by atoms with van der Waals surface area (Å²) < 4.78 is 10.2. The summed E-state index contributed by atoms with van der Waals surface area (Å²) in [6, 6.07) is 14.4. The van der Waals surface area contributed by atoms with E-state index in [-0.39, 0.29) is 11.8 Å². The van der Waals surface area contributed by atoms with E-state index in [1.807, 2.05) is 0 Å². The maximum atomic E-state index is 11.9. The van der Waals surface area contributed by atoms with E-state index in [2.05, 4.69) is 10.6 Å². The van der Waals surface area contributed by atoms with Crippen molar-refractivity contribution in [2.45, 2.75) is 12.8 Å². The van der Waals surface area contributed by atoms with Crippen LogP contribution in [0.4, 0.5) is 11.4 Å². The van der Waals surface area contributed by atoms with Gasteiger partial charge in [-0.15, -0.1) is 0 Å². The average Bonchev–Trinajstić information content (AvgIpc) is 2.71. The molecular formula is C20H24N2O4S2. The number of carbonyl (C=O) groups is 2. The third-order valence-electron chi connectivity index (χ3n) is 3.66. The topological polar surface area (TPSA) is 76.7 Å². The number of carbonyl (C=O) groups excluding carboxylic acids is 2. The normalized spacial score (nSPS) is 10.2. The SMILES string of the molecule is COc1ccc(NC(=O)CCSSCCC(=O)Nc2ccc(OC)cc2)cc1. The van der Waals surface area contributed by atoms with Crippen molar-refractivity contribution in [2.24, 2.45) is 0 Å². The van der Waals surface area contributed by atoms with E-state index in [4.69, 9.17) is 9.47 Å². The number of anilines is 2. The summed E-state index contributed by atoms with van der Waals surface area (Å²) in [5, 5.41) is 5.70. The molecule has 0 aromatic heterocycles. The van der Waals surface area contributed by atoms with Crippen molar-refractivity contribution in [3.8, 4) is 11.5 Å². The zero-order valence-corrected chi connectivity index (χ0v) is 17.5. The molecule has 0 spiro atoms. The molecule has 28 heavy (non-hydrogen) atoms. The van der Waals surface area contributed by atoms with Crippen LogP contribution in [-0.4, -0.2) is 37.5 Å². The van der Waals surface area contributed by atoms with Crippen molar-refractivity contribution in [1.82, 2.24) is 0 Å². The second-order valence-electron chi connectivity index (χ2n) is 5.70. The molecule has 150 valence electrons. The van der Waals surface area contributed by atoms with E-state index in [1.54, 1.807) is 84.3 Å². The second-order valence-corrected chi connectivity index (χ2v) is 8.40. The third kappa shape index (κ3) is 8.14. The molecule has 2 amide bonds. The van der Waals surface area contributed by atoms with E-state index in [0.717, 1.165) is 22.9 Å². The van der Waals surface area contributed by atoms with Crippen LogP contribution in [0.5, 0.6) is 11.5 Å². The monoisotopic (exact) mass is 420 g/mol. The van der Waals surface area contributed by atoms with Crippen LogP contribution in [0, 0.1) is 0 Å². The number of hydrogen-bond donors (Lipinski definition) is 2. The number of hydrogen-bond acceptors (Lipinski definition) is 6. The van der Waals surface area contributed by atoms with Gasteiger partial charge in [0.05, 0.1) is 14.2 Å². The van der Waals surface area contributed by atoms with Gasteiger partial charge in [0.1, 0.15) is 11.5 Å². The Hall–Kier alpha value is -2.32. The van der Waals surface area contributed by atoms with Crippen LogP contribution < -0.4 is 20.1 Å². The Bertz CT molecular complexity index is 686. The van der Waals surface area contributed by atoms with E-state index in [9.17, 15) is 9.59 Å². The molecule has 2 aromatic carbocycles. The van der Waals surface area contributed by atoms with Crippen LogP contribution in [0.25, 0.3) is 0 Å². The van der Waals surface area contributed by atoms with Crippen LogP contribution in [-0.2, 0) is 9.59 Å². The fourth-order valence-corrected chi connectivity index (χ4v) is 4.16. The van der Waals surface area contributed by atoms with Gasteiger partial charge in [0.2, 0.25) is 11.8 Å². The maximum Gasteiger partial charge on any atom is 0.225 e. The highest BCUT2D eigenvalue weighted by Gasteiger charge is 2.05. The van der Waals surface area contributed by atoms with Crippen molar-refractivity contribution in [2.75, 3.05) is 36.4 Å². The summed E-state index contributed by atoms with van der Waals surface area (Å²) in [5.74, 6) is 2.81. The Labute approximate surface area is 173 Å². The minimum atomic E-state index is -0.0319. The van der Waals surface area contributed by atoms with E-state index < -0.39 is 0 Å². The number of nitrogens with one attached hydrogen (secondary N) is 2. The molecule has 2 aromatic rings. The molecule has 0 saturated heterocycles. The fraction of sp³-hybridized carbons (Fsp3) is 0.300. The van der Waals surface area contributed by atoms with Gasteiger partial charge >= 0.3 is 0 Å². The first kappa shape index (κ1) is 22.0. The predicted molar refractivity (Wildman–Crippen MR) is 117 cm³/mol. The van der Waals surface area contributed by atoms with Crippen molar-refractivity contribution >= 4 is 44.8 Å². The van der Waals surface area contributed by atoms with Gasteiger partial charge < -0.3 is 20.1 Å². The molecule has 0 radical (unpaired) electrons. The predicted octanol–water partition coefficient (Wildman–Crippen LogP) is 4.44. The van der Waals surface area contributed by atoms with Crippen LogP contribution in [0.2, 0.25) is 0 Å². The second kappa shape index (κ2) is 12.2. The molecule has 6 nitrogen and oxygen atoms in total. The quantitative estimate of drug-likeness (QED) is 0.413. The molecule has 0 unspecified atom stereocenters.